The molecule has 7 nitrogen and oxygen atoms in total. The molecule has 0 radical (unpaired) electrons. The van der Waals surface area contributed by atoms with E-state index in [4.69, 9.17) is 21.1 Å². The molecule has 8 heteroatoms. The summed E-state index contributed by atoms with van der Waals surface area (Å²) >= 11 is 5.88. The van der Waals surface area contributed by atoms with Crippen molar-refractivity contribution in [2.75, 3.05) is 13.7 Å². The zero-order valence-electron chi connectivity index (χ0n) is 15.1. The van der Waals surface area contributed by atoms with Gasteiger partial charge < -0.3 is 9.47 Å². The Labute approximate surface area is 162 Å². The highest BCUT2D eigenvalue weighted by atomic mass is 35.5. The minimum Gasteiger partial charge on any atom is -0.496 e. The summed E-state index contributed by atoms with van der Waals surface area (Å²) in [7, 11) is 1.42. The molecule has 2 aliphatic rings. The highest BCUT2D eigenvalue weighted by Gasteiger charge is 2.40. The third-order valence-corrected chi connectivity index (χ3v) is 5.63. The number of esters is 1. The minimum absolute atomic E-state index is 0.179. The van der Waals surface area contributed by atoms with Crippen molar-refractivity contribution < 1.29 is 23.9 Å². The van der Waals surface area contributed by atoms with E-state index in [0.717, 1.165) is 12.3 Å². The van der Waals surface area contributed by atoms with Crippen LogP contribution < -0.4 is 15.6 Å². The number of halogens is 1. The van der Waals surface area contributed by atoms with Crippen LogP contribution in [0.25, 0.3) is 0 Å². The van der Waals surface area contributed by atoms with Gasteiger partial charge in [0.05, 0.1) is 12.7 Å². The van der Waals surface area contributed by atoms with Crippen molar-refractivity contribution in [2.45, 2.75) is 32.1 Å². The summed E-state index contributed by atoms with van der Waals surface area (Å²) in [6.07, 6.45) is 5.14. The standard InChI is InChI=1S/C19H23ClN2O5/c1-26-16-5-4-14(20)9-15(16)19(25)22-21-17(23)10-27-18(24)8-13-7-11-2-3-12(13)6-11/h4-5,9,11-13H,2-3,6-8,10H2,1H3,(H,21,23)(H,22,25)/t11-,12-,13-/m1/s1. The van der Waals surface area contributed by atoms with E-state index in [9.17, 15) is 14.4 Å². The van der Waals surface area contributed by atoms with Gasteiger partial charge >= 0.3 is 5.97 Å². The van der Waals surface area contributed by atoms with Crippen LogP contribution in [0.5, 0.6) is 5.75 Å². The summed E-state index contributed by atoms with van der Waals surface area (Å²) in [5.41, 5.74) is 4.64. The van der Waals surface area contributed by atoms with Crippen LogP contribution in [-0.4, -0.2) is 31.5 Å². The molecule has 1 aromatic rings. The maximum Gasteiger partial charge on any atom is 0.306 e. The van der Waals surface area contributed by atoms with Gasteiger partial charge in [-0.2, -0.15) is 0 Å². The van der Waals surface area contributed by atoms with Crippen LogP contribution in [0, 0.1) is 17.8 Å². The molecule has 27 heavy (non-hydrogen) atoms. The molecule has 2 N–H and O–H groups in total. The topological polar surface area (TPSA) is 93.7 Å². The average Bonchev–Trinajstić information content (AvgIpc) is 3.27. The van der Waals surface area contributed by atoms with Crippen LogP contribution >= 0.6 is 11.6 Å². The maximum absolute atomic E-state index is 12.2. The van der Waals surface area contributed by atoms with Crippen molar-refractivity contribution in [2.24, 2.45) is 17.8 Å². The number of ether oxygens (including phenoxy) is 2. The Balaban J connectivity index is 1.40. The Morgan fingerprint density at radius 1 is 1.19 bits per heavy atom. The Bertz CT molecular complexity index is 739. The van der Waals surface area contributed by atoms with Gasteiger partial charge in [-0.05, 0) is 55.2 Å². The van der Waals surface area contributed by atoms with Gasteiger partial charge in [-0.1, -0.05) is 18.0 Å². The molecule has 2 saturated carbocycles. The van der Waals surface area contributed by atoms with Gasteiger partial charge in [-0.3, -0.25) is 25.2 Å². The predicted molar refractivity (Wildman–Crippen MR) is 98.1 cm³/mol. The lowest BCUT2D eigenvalue weighted by atomic mass is 9.86. The van der Waals surface area contributed by atoms with E-state index in [1.807, 2.05) is 0 Å². The second kappa shape index (κ2) is 8.61. The molecule has 2 aliphatic carbocycles. The SMILES string of the molecule is COc1ccc(Cl)cc1C(=O)NNC(=O)COC(=O)C[C@H]1C[C@@H]2CC[C@@H]1C2. The van der Waals surface area contributed by atoms with Gasteiger partial charge in [0.25, 0.3) is 11.8 Å². The fourth-order valence-corrected chi connectivity index (χ4v) is 4.31. The van der Waals surface area contributed by atoms with Gasteiger partial charge in [0.2, 0.25) is 0 Å². The highest BCUT2D eigenvalue weighted by molar-refractivity contribution is 6.31. The van der Waals surface area contributed by atoms with Gasteiger partial charge in [0.15, 0.2) is 6.61 Å². The molecule has 0 aliphatic heterocycles. The first-order chi connectivity index (χ1) is 13.0. The molecule has 1 aromatic carbocycles. The number of hydrazine groups is 1. The van der Waals surface area contributed by atoms with Crippen molar-refractivity contribution in [1.82, 2.24) is 10.9 Å². The highest BCUT2D eigenvalue weighted by Crippen LogP contribution is 2.49. The second-order valence-electron chi connectivity index (χ2n) is 7.15. The third-order valence-electron chi connectivity index (χ3n) is 5.40. The number of rotatable bonds is 6. The van der Waals surface area contributed by atoms with Gasteiger partial charge in [-0.15, -0.1) is 0 Å². The van der Waals surface area contributed by atoms with Crippen LogP contribution in [0.3, 0.4) is 0 Å². The summed E-state index contributed by atoms with van der Waals surface area (Å²) in [5.74, 6) is 0.517. The van der Waals surface area contributed by atoms with Crippen LogP contribution in [0.1, 0.15) is 42.5 Å². The number of carbonyl (C=O) groups is 3. The fraction of sp³-hybridized carbons (Fsp3) is 0.526. The Hall–Kier alpha value is -2.28. The molecular formula is C19H23ClN2O5. The van der Waals surface area contributed by atoms with Crippen LogP contribution in [0.2, 0.25) is 5.02 Å². The largest absolute Gasteiger partial charge is 0.496 e. The molecular weight excluding hydrogens is 372 g/mol. The van der Waals surface area contributed by atoms with Crippen molar-refractivity contribution in [3.8, 4) is 5.75 Å². The van der Waals surface area contributed by atoms with Gasteiger partial charge in [-0.25, -0.2) is 0 Å². The van der Waals surface area contributed by atoms with E-state index >= 15 is 0 Å². The molecule has 146 valence electrons. The summed E-state index contributed by atoms with van der Waals surface area (Å²) in [6.45, 7) is -0.438. The lowest BCUT2D eigenvalue weighted by Crippen LogP contribution is -2.43. The summed E-state index contributed by atoms with van der Waals surface area (Å²) in [4.78, 5) is 35.9. The van der Waals surface area contributed by atoms with Crippen molar-refractivity contribution in [1.29, 1.82) is 0 Å². The molecule has 0 aromatic heterocycles. The molecule has 0 spiro atoms. The normalized spacial score (nSPS) is 23.0. The van der Waals surface area contributed by atoms with E-state index < -0.39 is 18.4 Å². The number of amides is 2. The lowest BCUT2D eigenvalue weighted by Gasteiger charge is -2.20. The molecule has 2 fully saturated rings. The number of hydrogen-bond donors (Lipinski definition) is 2. The summed E-state index contributed by atoms with van der Waals surface area (Å²) < 4.78 is 10.1. The molecule has 2 amide bonds. The van der Waals surface area contributed by atoms with Crippen molar-refractivity contribution in [3.63, 3.8) is 0 Å². The quantitative estimate of drug-likeness (QED) is 0.571. The van der Waals surface area contributed by atoms with E-state index in [-0.39, 0.29) is 11.5 Å². The number of benzene rings is 1. The Morgan fingerprint density at radius 3 is 2.67 bits per heavy atom. The average molecular weight is 395 g/mol. The fourth-order valence-electron chi connectivity index (χ4n) is 4.13. The number of carbonyl (C=O) groups excluding carboxylic acids is 3. The van der Waals surface area contributed by atoms with Crippen LogP contribution in [0.15, 0.2) is 18.2 Å². The minimum atomic E-state index is -0.620. The van der Waals surface area contributed by atoms with Crippen LogP contribution in [-0.2, 0) is 14.3 Å². The third kappa shape index (κ3) is 4.91. The summed E-state index contributed by atoms with van der Waals surface area (Å²) in [6, 6.07) is 4.57. The summed E-state index contributed by atoms with van der Waals surface area (Å²) in [5, 5.41) is 0.363. The second-order valence-corrected chi connectivity index (χ2v) is 7.58. The monoisotopic (exact) mass is 394 g/mol. The van der Waals surface area contributed by atoms with E-state index in [0.29, 0.717) is 29.0 Å². The first kappa shape index (κ1) is 19.5. The zero-order valence-corrected chi connectivity index (χ0v) is 15.9. The maximum atomic E-state index is 12.2. The number of nitrogens with one attached hydrogen (secondary N) is 2. The number of methoxy groups -OCH3 is 1. The van der Waals surface area contributed by atoms with Gasteiger partial charge in [0.1, 0.15) is 5.75 Å². The molecule has 0 heterocycles. The predicted octanol–water partition coefficient (Wildman–Crippen LogP) is 2.48. The van der Waals surface area contributed by atoms with E-state index in [1.54, 1.807) is 12.1 Å². The van der Waals surface area contributed by atoms with E-state index in [1.165, 1.54) is 32.4 Å². The Kier molecular flexibility index (Phi) is 6.21. The zero-order chi connectivity index (χ0) is 19.4. The Morgan fingerprint density at radius 2 is 2.00 bits per heavy atom. The number of hydrogen-bond acceptors (Lipinski definition) is 5. The smallest absolute Gasteiger partial charge is 0.306 e. The molecule has 0 unspecified atom stereocenters. The van der Waals surface area contributed by atoms with E-state index in [2.05, 4.69) is 10.9 Å². The first-order valence-electron chi connectivity index (χ1n) is 9.04. The molecule has 3 atom stereocenters. The molecule has 3 rings (SSSR count). The molecule has 2 bridgehead atoms. The van der Waals surface area contributed by atoms with Crippen molar-refractivity contribution in [3.05, 3.63) is 28.8 Å². The van der Waals surface area contributed by atoms with Crippen LogP contribution in [0.4, 0.5) is 0 Å². The molecule has 0 saturated heterocycles. The first-order valence-corrected chi connectivity index (χ1v) is 9.42. The van der Waals surface area contributed by atoms with Gasteiger partial charge in [0, 0.05) is 11.4 Å². The lowest BCUT2D eigenvalue weighted by molar-refractivity contribution is -0.150. The number of fused-ring (bicyclic) bond motifs is 2. The van der Waals surface area contributed by atoms with Crippen molar-refractivity contribution >= 4 is 29.4 Å².